The van der Waals surface area contributed by atoms with E-state index in [1.807, 2.05) is 24.3 Å². The molecule has 2 aromatic rings. The Kier molecular flexibility index (Phi) is 11.1. The van der Waals surface area contributed by atoms with Crippen molar-refractivity contribution in [3.05, 3.63) is 65.2 Å². The molecule has 0 fully saturated rings. The first-order chi connectivity index (χ1) is 21.5. The van der Waals surface area contributed by atoms with Gasteiger partial charge in [-0.3, -0.25) is 28.8 Å². The van der Waals surface area contributed by atoms with E-state index < -0.39 is 66.4 Å². The van der Waals surface area contributed by atoms with Gasteiger partial charge in [0.15, 0.2) is 0 Å². The highest BCUT2D eigenvalue weighted by Gasteiger charge is 2.34. The number of nitrogens with zero attached hydrogens (tertiary/aromatic N) is 1. The maximum Gasteiger partial charge on any atom is 0.255 e. The van der Waals surface area contributed by atoms with Crippen molar-refractivity contribution in [3.8, 4) is 5.75 Å². The number of carbonyl (C=O) groups is 6. The predicted octanol–water partition coefficient (Wildman–Crippen LogP) is -0.188. The zero-order valence-corrected chi connectivity index (χ0v) is 25.5. The van der Waals surface area contributed by atoms with Crippen LogP contribution in [0.25, 0.3) is 0 Å². The quantitative estimate of drug-likeness (QED) is 0.313. The van der Waals surface area contributed by atoms with E-state index in [-0.39, 0.29) is 30.4 Å². The lowest BCUT2D eigenvalue weighted by Crippen LogP contribution is -2.57. The highest BCUT2D eigenvalue weighted by Crippen LogP contribution is 2.20. The molecule has 0 radical (unpaired) electrons. The molecule has 0 bridgehead atoms. The fourth-order valence-corrected chi connectivity index (χ4v) is 5.41. The van der Waals surface area contributed by atoms with Crippen LogP contribution < -0.4 is 31.7 Å². The Hall–Kier alpha value is -4.94. The molecule has 13 heteroatoms. The number of para-hydroxylation sites is 1. The fraction of sp³-hybridized carbons (Fsp3) is 0.438. The summed E-state index contributed by atoms with van der Waals surface area (Å²) >= 11 is 0. The number of rotatable bonds is 4. The molecule has 3 atom stereocenters. The molecular formula is C32H40N6O7. The number of nitrogens with one attached hydrogen (secondary N) is 4. The Morgan fingerprint density at radius 1 is 0.911 bits per heavy atom. The number of nitrogens with two attached hydrogens (primary N) is 1. The predicted molar refractivity (Wildman–Crippen MR) is 164 cm³/mol. The van der Waals surface area contributed by atoms with Gasteiger partial charge in [-0.25, -0.2) is 0 Å². The molecule has 13 nitrogen and oxygen atoms in total. The summed E-state index contributed by atoms with van der Waals surface area (Å²) in [5, 5.41) is 10.5. The van der Waals surface area contributed by atoms with Gasteiger partial charge in [0.25, 0.3) is 5.91 Å². The van der Waals surface area contributed by atoms with Gasteiger partial charge in [-0.05, 0) is 42.0 Å². The second-order valence-electron chi connectivity index (χ2n) is 11.5. The molecule has 6 N–H and O–H groups in total. The van der Waals surface area contributed by atoms with Crippen molar-refractivity contribution in [2.45, 2.75) is 57.7 Å². The van der Waals surface area contributed by atoms with Gasteiger partial charge in [-0.2, -0.15) is 0 Å². The van der Waals surface area contributed by atoms with E-state index in [1.165, 1.54) is 6.07 Å². The Morgan fingerprint density at radius 2 is 1.56 bits per heavy atom. The molecule has 0 aromatic heterocycles. The minimum Gasteiger partial charge on any atom is -0.491 e. The third-order valence-corrected chi connectivity index (χ3v) is 7.82. The molecule has 0 saturated heterocycles. The van der Waals surface area contributed by atoms with Gasteiger partial charge in [0.05, 0.1) is 24.9 Å². The molecule has 45 heavy (non-hydrogen) atoms. The molecule has 0 saturated carbocycles. The number of amides is 6. The van der Waals surface area contributed by atoms with Crippen LogP contribution in [0.1, 0.15) is 48.2 Å². The van der Waals surface area contributed by atoms with Gasteiger partial charge < -0.3 is 36.6 Å². The molecule has 4 rings (SSSR count). The third kappa shape index (κ3) is 8.80. The Bertz CT molecular complexity index is 1420. The van der Waals surface area contributed by atoms with E-state index in [2.05, 4.69) is 21.3 Å². The maximum atomic E-state index is 13.9. The lowest BCUT2D eigenvalue weighted by molar-refractivity contribution is -0.137. The van der Waals surface area contributed by atoms with E-state index >= 15 is 0 Å². The minimum atomic E-state index is -1.41. The van der Waals surface area contributed by atoms with Gasteiger partial charge in [0.1, 0.15) is 30.5 Å². The Morgan fingerprint density at radius 3 is 2.20 bits per heavy atom. The van der Waals surface area contributed by atoms with Gasteiger partial charge >= 0.3 is 0 Å². The third-order valence-electron chi connectivity index (χ3n) is 7.82. The summed E-state index contributed by atoms with van der Waals surface area (Å²) in [6.45, 7) is 4.30. The molecule has 2 heterocycles. The molecule has 0 spiro atoms. The van der Waals surface area contributed by atoms with Crippen molar-refractivity contribution in [3.63, 3.8) is 0 Å². The zero-order valence-electron chi connectivity index (χ0n) is 25.5. The van der Waals surface area contributed by atoms with Gasteiger partial charge in [0, 0.05) is 13.1 Å². The minimum absolute atomic E-state index is 0.00976. The molecule has 0 aliphatic carbocycles. The standard InChI is InChI=1S/C32H40N6O7/c1-19(2)28-31(43)34-13-16-45-25-10-6-5-9-22(25)29(41)36-24(18-27(40)35-23(17-26(33)39)30(42)37-28)32(44)38-14-11-20-7-3-4-8-21(20)12-15-38/h3-10,19,23-24,28H,11-18H2,1-2H3,(H2,33,39)(H,34,43)(H,35,40)(H,36,41)(H,37,42)/t23-,24-,28+/m0/s1. The number of fused-ring (bicyclic) bond motifs is 2. The molecule has 2 aromatic carbocycles. The average Bonchev–Trinajstić information content (AvgIpc) is 3.23. The molecule has 0 unspecified atom stereocenters. The maximum absolute atomic E-state index is 13.9. The van der Waals surface area contributed by atoms with E-state index in [0.717, 1.165) is 11.1 Å². The van der Waals surface area contributed by atoms with Gasteiger partial charge in [0.2, 0.25) is 29.5 Å². The fourth-order valence-electron chi connectivity index (χ4n) is 5.41. The first-order valence-electron chi connectivity index (χ1n) is 15.1. The van der Waals surface area contributed by atoms with Crippen LogP contribution >= 0.6 is 0 Å². The second-order valence-corrected chi connectivity index (χ2v) is 11.5. The van der Waals surface area contributed by atoms with Crippen LogP contribution in [0.5, 0.6) is 5.75 Å². The van der Waals surface area contributed by atoms with Crippen LogP contribution in [-0.4, -0.2) is 84.7 Å². The van der Waals surface area contributed by atoms with E-state index in [0.29, 0.717) is 25.9 Å². The van der Waals surface area contributed by atoms with Crippen molar-refractivity contribution in [2.24, 2.45) is 11.7 Å². The summed E-state index contributed by atoms with van der Waals surface area (Å²) in [5.74, 6) is -4.13. The number of hydrogen-bond donors (Lipinski definition) is 5. The molecule has 2 aliphatic rings. The number of benzene rings is 2. The Labute approximate surface area is 261 Å². The van der Waals surface area contributed by atoms with Crippen LogP contribution in [0.4, 0.5) is 0 Å². The highest BCUT2D eigenvalue weighted by molar-refractivity contribution is 6.01. The lowest BCUT2D eigenvalue weighted by Gasteiger charge is -2.28. The molecule has 2 aliphatic heterocycles. The van der Waals surface area contributed by atoms with Crippen LogP contribution in [0, 0.1) is 5.92 Å². The van der Waals surface area contributed by atoms with Crippen LogP contribution in [0.3, 0.4) is 0 Å². The topological polar surface area (TPSA) is 189 Å². The molecule has 240 valence electrons. The molecule has 6 amide bonds. The van der Waals surface area contributed by atoms with Crippen LogP contribution in [0.2, 0.25) is 0 Å². The zero-order chi connectivity index (χ0) is 32.5. The summed E-state index contributed by atoms with van der Waals surface area (Å²) < 4.78 is 5.81. The summed E-state index contributed by atoms with van der Waals surface area (Å²) in [7, 11) is 0. The largest absolute Gasteiger partial charge is 0.491 e. The van der Waals surface area contributed by atoms with Crippen LogP contribution in [0.15, 0.2) is 48.5 Å². The van der Waals surface area contributed by atoms with E-state index in [9.17, 15) is 28.8 Å². The van der Waals surface area contributed by atoms with Crippen molar-refractivity contribution in [2.75, 3.05) is 26.2 Å². The average molecular weight is 621 g/mol. The summed E-state index contributed by atoms with van der Waals surface area (Å²) in [5.41, 5.74) is 7.77. The normalized spacial score (nSPS) is 21.8. The summed E-state index contributed by atoms with van der Waals surface area (Å²) in [6, 6.07) is 10.7. The van der Waals surface area contributed by atoms with Gasteiger partial charge in [-0.1, -0.05) is 50.2 Å². The Balaban J connectivity index is 1.64. The summed E-state index contributed by atoms with van der Waals surface area (Å²) in [4.78, 5) is 80.5. The number of hydrogen-bond acceptors (Lipinski definition) is 7. The summed E-state index contributed by atoms with van der Waals surface area (Å²) in [6.07, 6.45) is 0.153. The van der Waals surface area contributed by atoms with E-state index in [4.69, 9.17) is 10.5 Å². The van der Waals surface area contributed by atoms with E-state index in [1.54, 1.807) is 36.9 Å². The first kappa shape index (κ1) is 33.0. The number of primary amides is 1. The molecular weight excluding hydrogens is 580 g/mol. The first-order valence-corrected chi connectivity index (χ1v) is 15.1. The van der Waals surface area contributed by atoms with Gasteiger partial charge in [-0.15, -0.1) is 0 Å². The lowest BCUT2D eigenvalue weighted by atomic mass is 10.0. The van der Waals surface area contributed by atoms with Crippen molar-refractivity contribution >= 4 is 35.4 Å². The van der Waals surface area contributed by atoms with Crippen molar-refractivity contribution in [1.82, 2.24) is 26.2 Å². The van der Waals surface area contributed by atoms with Crippen molar-refractivity contribution < 1.29 is 33.5 Å². The number of ether oxygens (including phenoxy) is 1. The SMILES string of the molecule is CC(C)[C@H]1NC(=O)[C@H](CC(N)=O)NC(=O)C[C@@H](C(=O)N2CCc3ccccc3CC2)NC(=O)c2ccccc2OCCNC1=O. The smallest absolute Gasteiger partial charge is 0.255 e. The highest BCUT2D eigenvalue weighted by atomic mass is 16.5. The number of carbonyl (C=O) groups excluding carboxylic acids is 6. The van der Waals surface area contributed by atoms with Crippen LogP contribution in [-0.2, 0) is 36.8 Å². The second kappa shape index (κ2) is 15.2. The monoisotopic (exact) mass is 620 g/mol. The van der Waals surface area contributed by atoms with Crippen molar-refractivity contribution in [1.29, 1.82) is 0 Å².